The Morgan fingerprint density at radius 2 is 2.13 bits per heavy atom. The topological polar surface area (TPSA) is 110 Å². The van der Waals surface area contributed by atoms with Gasteiger partial charge in [-0.15, -0.1) is 0 Å². The number of carboxylic acids is 1. The van der Waals surface area contributed by atoms with Gasteiger partial charge in [-0.1, -0.05) is 24.4 Å². The Kier molecular flexibility index (Phi) is 4.89. The van der Waals surface area contributed by atoms with Crippen molar-refractivity contribution in [2.24, 2.45) is 5.92 Å². The van der Waals surface area contributed by atoms with E-state index < -0.39 is 28.3 Å². The van der Waals surface area contributed by atoms with Crippen LogP contribution in [0.1, 0.15) is 43.0 Å². The van der Waals surface area contributed by atoms with Gasteiger partial charge in [0.25, 0.3) is 11.6 Å². The summed E-state index contributed by atoms with van der Waals surface area (Å²) in [6.07, 6.45) is 2.69. The number of non-ortho nitro benzene ring substituents is 1. The smallest absolute Gasteiger partial charge is 0.308 e. The summed E-state index contributed by atoms with van der Waals surface area (Å²) in [5.74, 6) is -2.14. The predicted molar refractivity (Wildman–Crippen MR) is 83.6 cm³/mol. The van der Waals surface area contributed by atoms with Crippen LogP contribution in [0.15, 0.2) is 18.2 Å². The standard InChI is InChI=1S/C15H17ClN2O5/c1-15(7-3-2-4-11(15)14(20)21)17-13(19)10-6-5-9(18(22)23)8-12(10)16/h5-6,8,11H,2-4,7H2,1H3,(H,17,19)(H,20,21)/t11-,15-/m0/s1. The quantitative estimate of drug-likeness (QED) is 0.646. The van der Waals surface area contributed by atoms with Crippen molar-refractivity contribution in [1.29, 1.82) is 0 Å². The van der Waals surface area contributed by atoms with Crippen LogP contribution in [0, 0.1) is 16.0 Å². The van der Waals surface area contributed by atoms with E-state index in [9.17, 15) is 24.8 Å². The van der Waals surface area contributed by atoms with E-state index >= 15 is 0 Å². The van der Waals surface area contributed by atoms with Crippen molar-refractivity contribution in [3.63, 3.8) is 0 Å². The summed E-state index contributed by atoms with van der Waals surface area (Å²) in [5.41, 5.74) is -0.987. The highest BCUT2D eigenvalue weighted by molar-refractivity contribution is 6.34. The Bertz CT molecular complexity index is 663. The Hall–Kier alpha value is -2.15. The summed E-state index contributed by atoms with van der Waals surface area (Å²) in [7, 11) is 0. The molecule has 0 aliphatic heterocycles. The van der Waals surface area contributed by atoms with Crippen molar-refractivity contribution in [1.82, 2.24) is 5.32 Å². The number of hydrogen-bond donors (Lipinski definition) is 2. The number of carbonyl (C=O) groups excluding carboxylic acids is 1. The molecule has 0 spiro atoms. The lowest BCUT2D eigenvalue weighted by Gasteiger charge is -2.39. The third-order valence-corrected chi connectivity index (χ3v) is 4.63. The Morgan fingerprint density at radius 1 is 1.43 bits per heavy atom. The minimum atomic E-state index is -0.942. The van der Waals surface area contributed by atoms with Crippen LogP contribution in [0.4, 0.5) is 5.69 Å². The van der Waals surface area contributed by atoms with Crippen molar-refractivity contribution in [2.75, 3.05) is 0 Å². The van der Waals surface area contributed by atoms with Crippen molar-refractivity contribution in [2.45, 2.75) is 38.1 Å². The fraction of sp³-hybridized carbons (Fsp3) is 0.467. The Labute approximate surface area is 137 Å². The molecule has 0 radical (unpaired) electrons. The zero-order chi connectivity index (χ0) is 17.2. The molecule has 124 valence electrons. The summed E-state index contributed by atoms with van der Waals surface area (Å²) in [4.78, 5) is 34.0. The van der Waals surface area contributed by atoms with Crippen LogP contribution in [0.3, 0.4) is 0 Å². The molecule has 0 heterocycles. The van der Waals surface area contributed by atoms with Crippen molar-refractivity contribution in [3.05, 3.63) is 38.9 Å². The number of aliphatic carboxylic acids is 1. The highest BCUT2D eigenvalue weighted by Gasteiger charge is 2.42. The fourth-order valence-electron chi connectivity index (χ4n) is 3.01. The Balaban J connectivity index is 2.23. The van der Waals surface area contributed by atoms with Crippen molar-refractivity contribution >= 4 is 29.2 Å². The molecule has 2 N–H and O–H groups in total. The second-order valence-electron chi connectivity index (χ2n) is 5.93. The molecule has 8 heteroatoms. The van der Waals surface area contributed by atoms with Gasteiger partial charge in [0.1, 0.15) is 0 Å². The first-order chi connectivity index (χ1) is 10.7. The lowest BCUT2D eigenvalue weighted by atomic mass is 9.73. The van der Waals surface area contributed by atoms with E-state index in [4.69, 9.17) is 11.6 Å². The SMILES string of the molecule is C[C@]1(NC(=O)c2ccc([N+](=O)[O-])cc2Cl)CCCC[C@H]1C(=O)O. The van der Waals surface area contributed by atoms with E-state index in [-0.39, 0.29) is 16.3 Å². The molecule has 0 bridgehead atoms. The number of benzene rings is 1. The van der Waals surface area contributed by atoms with Gasteiger partial charge < -0.3 is 10.4 Å². The highest BCUT2D eigenvalue weighted by Crippen LogP contribution is 2.34. The molecular weight excluding hydrogens is 324 g/mol. The van der Waals surface area contributed by atoms with Gasteiger partial charge in [-0.3, -0.25) is 19.7 Å². The van der Waals surface area contributed by atoms with Crippen LogP contribution < -0.4 is 5.32 Å². The molecule has 1 fully saturated rings. The summed E-state index contributed by atoms with van der Waals surface area (Å²) in [5, 5.41) is 22.8. The third kappa shape index (κ3) is 3.61. The van der Waals surface area contributed by atoms with Gasteiger partial charge in [0, 0.05) is 12.1 Å². The minimum absolute atomic E-state index is 0.0389. The lowest BCUT2D eigenvalue weighted by Crippen LogP contribution is -2.55. The fourth-order valence-corrected chi connectivity index (χ4v) is 3.27. The summed E-state index contributed by atoms with van der Waals surface area (Å²) in [6.45, 7) is 1.71. The maximum atomic E-state index is 12.4. The van der Waals surface area contributed by atoms with E-state index in [1.807, 2.05) is 0 Å². The van der Waals surface area contributed by atoms with E-state index in [0.29, 0.717) is 12.8 Å². The first-order valence-electron chi connectivity index (χ1n) is 7.24. The lowest BCUT2D eigenvalue weighted by molar-refractivity contribution is -0.384. The summed E-state index contributed by atoms with van der Waals surface area (Å²) >= 11 is 5.95. The zero-order valence-electron chi connectivity index (χ0n) is 12.5. The molecule has 0 unspecified atom stereocenters. The number of carboxylic acid groups (broad SMARTS) is 1. The second-order valence-corrected chi connectivity index (χ2v) is 6.34. The van der Waals surface area contributed by atoms with Gasteiger partial charge in [-0.05, 0) is 25.8 Å². The van der Waals surface area contributed by atoms with Crippen LogP contribution >= 0.6 is 11.6 Å². The number of hydrogen-bond acceptors (Lipinski definition) is 4. The van der Waals surface area contributed by atoms with Gasteiger partial charge >= 0.3 is 5.97 Å². The monoisotopic (exact) mass is 340 g/mol. The van der Waals surface area contributed by atoms with Crippen LogP contribution in [-0.2, 0) is 4.79 Å². The molecule has 1 aliphatic rings. The van der Waals surface area contributed by atoms with Crippen LogP contribution in [0.2, 0.25) is 5.02 Å². The van der Waals surface area contributed by atoms with E-state index in [2.05, 4.69) is 5.32 Å². The summed E-state index contributed by atoms with van der Waals surface area (Å²) < 4.78 is 0. The summed E-state index contributed by atoms with van der Waals surface area (Å²) in [6, 6.07) is 3.57. The van der Waals surface area contributed by atoms with Gasteiger partial charge in [-0.2, -0.15) is 0 Å². The van der Waals surface area contributed by atoms with Crippen LogP contribution in [0.25, 0.3) is 0 Å². The number of rotatable bonds is 4. The molecule has 2 atom stereocenters. The first-order valence-corrected chi connectivity index (χ1v) is 7.61. The normalized spacial score (nSPS) is 24.0. The Morgan fingerprint density at radius 3 is 2.70 bits per heavy atom. The second kappa shape index (κ2) is 6.54. The molecule has 1 amide bonds. The molecule has 1 saturated carbocycles. The number of amides is 1. The average Bonchev–Trinajstić information content (AvgIpc) is 2.46. The average molecular weight is 341 g/mol. The molecule has 23 heavy (non-hydrogen) atoms. The number of nitrogens with one attached hydrogen (secondary N) is 1. The molecule has 7 nitrogen and oxygen atoms in total. The van der Waals surface area contributed by atoms with Crippen LogP contribution in [-0.4, -0.2) is 27.4 Å². The first kappa shape index (κ1) is 17.2. The number of nitro benzene ring substituents is 1. The van der Waals surface area contributed by atoms with Gasteiger partial charge in [0.2, 0.25) is 0 Å². The minimum Gasteiger partial charge on any atom is -0.481 e. The third-order valence-electron chi connectivity index (χ3n) is 4.31. The maximum absolute atomic E-state index is 12.4. The number of nitrogens with zero attached hydrogens (tertiary/aromatic N) is 1. The van der Waals surface area contributed by atoms with Gasteiger partial charge in [0.15, 0.2) is 0 Å². The van der Waals surface area contributed by atoms with E-state index in [1.165, 1.54) is 12.1 Å². The highest BCUT2D eigenvalue weighted by atomic mass is 35.5. The number of nitro groups is 1. The predicted octanol–water partition coefficient (Wildman–Crippen LogP) is 3.01. The molecule has 1 aromatic carbocycles. The van der Waals surface area contributed by atoms with Crippen LogP contribution in [0.5, 0.6) is 0 Å². The van der Waals surface area contributed by atoms with E-state index in [1.54, 1.807) is 6.92 Å². The maximum Gasteiger partial charge on any atom is 0.308 e. The number of halogens is 1. The molecule has 1 aliphatic carbocycles. The molecular formula is C15H17ClN2O5. The largest absolute Gasteiger partial charge is 0.481 e. The molecule has 2 rings (SSSR count). The van der Waals surface area contributed by atoms with Crippen molar-refractivity contribution < 1.29 is 19.6 Å². The van der Waals surface area contributed by atoms with Crippen molar-refractivity contribution in [3.8, 4) is 0 Å². The van der Waals surface area contributed by atoms with Gasteiger partial charge in [-0.25, -0.2) is 0 Å². The molecule has 0 aromatic heterocycles. The molecule has 0 saturated heterocycles. The van der Waals surface area contributed by atoms with Gasteiger partial charge in [0.05, 0.1) is 27.0 Å². The molecule has 1 aromatic rings. The van der Waals surface area contributed by atoms with E-state index in [0.717, 1.165) is 18.9 Å². The number of carbonyl (C=O) groups is 2. The zero-order valence-corrected chi connectivity index (χ0v) is 13.3.